The summed E-state index contributed by atoms with van der Waals surface area (Å²) in [5.41, 5.74) is 1.15. The molecule has 2 nitrogen and oxygen atoms in total. The van der Waals surface area contributed by atoms with Crippen LogP contribution in [0.5, 0.6) is 0 Å². The van der Waals surface area contributed by atoms with Gasteiger partial charge in [-0.3, -0.25) is 0 Å². The van der Waals surface area contributed by atoms with E-state index in [1.54, 1.807) is 0 Å². The maximum atomic E-state index is 9.81. The molecule has 0 rings (SSSR count). The van der Waals surface area contributed by atoms with E-state index in [-0.39, 0.29) is 5.04 Å². The standard InChI is InChI=1S/C14H27IO2Si/c1-12(11-15)7-8-13(16)9-10-17-18(5,6)14(2,3)4/h7-8,11,13,16H,9-10H2,1-6H3/b8-7+,12-11+/t13-/m0/s1. The fourth-order valence-corrected chi connectivity index (χ4v) is 2.32. The van der Waals surface area contributed by atoms with Crippen LogP contribution < -0.4 is 0 Å². The molecular weight excluding hydrogens is 355 g/mol. The van der Waals surface area contributed by atoms with Crippen LogP contribution in [0, 0.1) is 0 Å². The Hall–Kier alpha value is 0.347. The number of hydrogen-bond donors (Lipinski definition) is 1. The molecule has 0 aromatic carbocycles. The normalized spacial score (nSPS) is 16.3. The Balaban J connectivity index is 4.10. The first-order chi connectivity index (χ1) is 8.10. The van der Waals surface area contributed by atoms with Gasteiger partial charge in [0.15, 0.2) is 8.32 Å². The van der Waals surface area contributed by atoms with Crippen molar-refractivity contribution in [1.29, 1.82) is 0 Å². The zero-order valence-corrected chi connectivity index (χ0v) is 15.6. The molecular formula is C14H27IO2Si. The molecule has 0 heterocycles. The van der Waals surface area contributed by atoms with Crippen LogP contribution in [0.15, 0.2) is 21.8 Å². The van der Waals surface area contributed by atoms with Gasteiger partial charge in [0.05, 0.1) is 6.10 Å². The van der Waals surface area contributed by atoms with Crippen molar-refractivity contribution in [3.8, 4) is 0 Å². The molecule has 0 aromatic heterocycles. The predicted molar refractivity (Wildman–Crippen MR) is 90.7 cm³/mol. The van der Waals surface area contributed by atoms with Crippen LogP contribution in [-0.4, -0.2) is 26.1 Å². The van der Waals surface area contributed by atoms with Crippen molar-refractivity contribution in [3.05, 3.63) is 21.8 Å². The molecule has 0 saturated carbocycles. The van der Waals surface area contributed by atoms with Crippen molar-refractivity contribution in [3.63, 3.8) is 0 Å². The van der Waals surface area contributed by atoms with Gasteiger partial charge in [-0.25, -0.2) is 0 Å². The number of aliphatic hydroxyl groups excluding tert-OH is 1. The molecule has 4 heteroatoms. The predicted octanol–water partition coefficient (Wildman–Crippen LogP) is 4.65. The maximum Gasteiger partial charge on any atom is 0.191 e. The second-order valence-electron chi connectivity index (χ2n) is 6.18. The van der Waals surface area contributed by atoms with Gasteiger partial charge in [-0.2, -0.15) is 0 Å². The molecule has 0 aliphatic heterocycles. The third-order valence-electron chi connectivity index (χ3n) is 3.44. The summed E-state index contributed by atoms with van der Waals surface area (Å²) in [5.74, 6) is 0. The second kappa shape index (κ2) is 7.82. The Morgan fingerprint density at radius 1 is 1.39 bits per heavy atom. The number of halogens is 1. The Bertz CT molecular complexity index is 303. The molecule has 18 heavy (non-hydrogen) atoms. The van der Waals surface area contributed by atoms with Crippen molar-refractivity contribution in [1.82, 2.24) is 0 Å². The van der Waals surface area contributed by atoms with E-state index >= 15 is 0 Å². The SMILES string of the molecule is CC(/C=C/[C@H](O)CCO[Si](C)(C)C(C)(C)C)=C\I. The molecule has 0 aromatic rings. The average molecular weight is 382 g/mol. The fraction of sp³-hybridized carbons (Fsp3) is 0.714. The van der Waals surface area contributed by atoms with Gasteiger partial charge >= 0.3 is 0 Å². The summed E-state index contributed by atoms with van der Waals surface area (Å²) in [5, 5.41) is 10.0. The minimum absolute atomic E-state index is 0.230. The first-order valence-electron chi connectivity index (χ1n) is 6.37. The molecule has 0 fully saturated rings. The lowest BCUT2D eigenvalue weighted by Crippen LogP contribution is -2.41. The molecule has 1 N–H and O–H groups in total. The monoisotopic (exact) mass is 382 g/mol. The van der Waals surface area contributed by atoms with Gasteiger partial charge in [-0.15, -0.1) is 0 Å². The Kier molecular flexibility index (Phi) is 7.97. The molecule has 0 radical (unpaired) electrons. The number of allylic oxidation sites excluding steroid dienone is 2. The minimum atomic E-state index is -1.67. The summed E-state index contributed by atoms with van der Waals surface area (Å²) in [7, 11) is -1.67. The lowest BCUT2D eigenvalue weighted by Gasteiger charge is -2.36. The molecule has 0 aliphatic carbocycles. The average Bonchev–Trinajstić information content (AvgIpc) is 2.24. The lowest BCUT2D eigenvalue weighted by molar-refractivity contribution is 0.172. The highest BCUT2D eigenvalue weighted by molar-refractivity contribution is 14.1. The molecule has 0 amide bonds. The van der Waals surface area contributed by atoms with Gasteiger partial charge in [0, 0.05) is 6.61 Å². The first-order valence-corrected chi connectivity index (χ1v) is 10.5. The number of rotatable bonds is 6. The van der Waals surface area contributed by atoms with Gasteiger partial charge < -0.3 is 9.53 Å². The van der Waals surface area contributed by atoms with E-state index in [0.29, 0.717) is 13.0 Å². The third-order valence-corrected chi connectivity index (χ3v) is 8.96. The number of hydrogen-bond acceptors (Lipinski definition) is 2. The molecule has 0 unspecified atom stereocenters. The van der Waals surface area contributed by atoms with Crippen molar-refractivity contribution in [2.45, 2.75) is 58.4 Å². The van der Waals surface area contributed by atoms with E-state index in [2.05, 4.69) is 56.5 Å². The fourth-order valence-electron chi connectivity index (χ4n) is 1.05. The van der Waals surface area contributed by atoms with E-state index in [9.17, 15) is 5.11 Å². The van der Waals surface area contributed by atoms with Crippen LogP contribution in [0.3, 0.4) is 0 Å². The smallest absolute Gasteiger partial charge is 0.191 e. The first kappa shape index (κ1) is 18.3. The number of aliphatic hydroxyl groups is 1. The summed E-state index contributed by atoms with van der Waals surface area (Å²) in [6.07, 6.45) is 4.03. The Morgan fingerprint density at radius 2 is 1.94 bits per heavy atom. The summed E-state index contributed by atoms with van der Waals surface area (Å²) >= 11 is 2.19. The van der Waals surface area contributed by atoms with Crippen LogP contribution in [0.25, 0.3) is 0 Å². The summed E-state index contributed by atoms with van der Waals surface area (Å²) in [4.78, 5) is 0. The Labute approximate surface area is 127 Å². The maximum absolute atomic E-state index is 9.81. The highest BCUT2D eigenvalue weighted by Crippen LogP contribution is 2.36. The van der Waals surface area contributed by atoms with Crippen molar-refractivity contribution in [2.24, 2.45) is 0 Å². The zero-order chi connectivity index (χ0) is 14.4. The van der Waals surface area contributed by atoms with E-state index in [4.69, 9.17) is 4.43 Å². The minimum Gasteiger partial charge on any atom is -0.417 e. The van der Waals surface area contributed by atoms with Crippen LogP contribution in [-0.2, 0) is 4.43 Å². The highest BCUT2D eigenvalue weighted by atomic mass is 127. The van der Waals surface area contributed by atoms with E-state index < -0.39 is 14.4 Å². The van der Waals surface area contributed by atoms with Gasteiger partial charge in [-0.1, -0.05) is 55.5 Å². The summed E-state index contributed by atoms with van der Waals surface area (Å²) < 4.78 is 8.02. The van der Waals surface area contributed by atoms with Gasteiger partial charge in [0.1, 0.15) is 0 Å². The molecule has 0 saturated heterocycles. The second-order valence-corrected chi connectivity index (χ2v) is 11.6. The largest absolute Gasteiger partial charge is 0.417 e. The summed E-state index contributed by atoms with van der Waals surface area (Å²) in [6, 6.07) is 0. The van der Waals surface area contributed by atoms with Crippen LogP contribution >= 0.6 is 22.6 Å². The molecule has 0 spiro atoms. The van der Waals surface area contributed by atoms with Gasteiger partial charge in [0.25, 0.3) is 0 Å². The van der Waals surface area contributed by atoms with E-state index in [1.807, 2.05) is 23.2 Å². The van der Waals surface area contributed by atoms with Crippen molar-refractivity contribution in [2.75, 3.05) is 6.61 Å². The van der Waals surface area contributed by atoms with Crippen LogP contribution in [0.1, 0.15) is 34.1 Å². The van der Waals surface area contributed by atoms with Crippen molar-refractivity contribution >= 4 is 30.9 Å². The summed E-state index contributed by atoms with van der Waals surface area (Å²) in [6.45, 7) is 13.8. The highest BCUT2D eigenvalue weighted by Gasteiger charge is 2.36. The van der Waals surface area contributed by atoms with E-state index in [0.717, 1.165) is 5.57 Å². The Morgan fingerprint density at radius 3 is 2.39 bits per heavy atom. The topological polar surface area (TPSA) is 29.5 Å². The van der Waals surface area contributed by atoms with Gasteiger partial charge in [-0.05, 0) is 41.1 Å². The molecule has 1 atom stereocenters. The lowest BCUT2D eigenvalue weighted by atomic mass is 10.2. The van der Waals surface area contributed by atoms with Crippen molar-refractivity contribution < 1.29 is 9.53 Å². The molecule has 0 bridgehead atoms. The van der Waals surface area contributed by atoms with Crippen LogP contribution in [0.4, 0.5) is 0 Å². The van der Waals surface area contributed by atoms with Crippen LogP contribution in [0.2, 0.25) is 18.1 Å². The molecule has 0 aliphatic rings. The third kappa shape index (κ3) is 7.06. The van der Waals surface area contributed by atoms with Gasteiger partial charge in [0.2, 0.25) is 0 Å². The zero-order valence-electron chi connectivity index (χ0n) is 12.5. The molecule has 106 valence electrons. The van der Waals surface area contributed by atoms with E-state index in [1.165, 1.54) is 0 Å². The quantitative estimate of drug-likeness (QED) is 0.412.